The summed E-state index contributed by atoms with van der Waals surface area (Å²) in [7, 11) is 3.27. The van der Waals surface area contributed by atoms with E-state index in [1.54, 1.807) is 14.2 Å². The van der Waals surface area contributed by atoms with Gasteiger partial charge in [0, 0.05) is 7.11 Å². The molecule has 0 aromatic carbocycles. The van der Waals surface area contributed by atoms with Gasteiger partial charge in [-0.1, -0.05) is 13.8 Å². The van der Waals surface area contributed by atoms with Crippen LogP contribution in [0.5, 0.6) is 0 Å². The molecular formula is C11H25NO3. The van der Waals surface area contributed by atoms with E-state index in [-0.39, 0.29) is 12.1 Å². The Labute approximate surface area is 93.2 Å². The highest BCUT2D eigenvalue weighted by Gasteiger charge is 2.27. The molecule has 92 valence electrons. The van der Waals surface area contributed by atoms with E-state index in [2.05, 4.69) is 19.3 Å². The lowest BCUT2D eigenvalue weighted by Gasteiger charge is -2.33. The van der Waals surface area contributed by atoms with Crippen molar-refractivity contribution in [3.05, 3.63) is 0 Å². The van der Waals surface area contributed by atoms with Crippen LogP contribution >= 0.6 is 0 Å². The van der Waals surface area contributed by atoms with Gasteiger partial charge in [0.05, 0.1) is 19.3 Å². The van der Waals surface area contributed by atoms with Crippen molar-refractivity contribution in [2.75, 3.05) is 14.2 Å². The number of rotatable bonds is 8. The Morgan fingerprint density at radius 1 is 1.13 bits per heavy atom. The molecule has 0 aromatic rings. The lowest BCUT2D eigenvalue weighted by atomic mass is 10.1. The van der Waals surface area contributed by atoms with E-state index in [1.165, 1.54) is 0 Å². The Hall–Kier alpha value is -0.160. The van der Waals surface area contributed by atoms with Crippen LogP contribution in [0.15, 0.2) is 0 Å². The van der Waals surface area contributed by atoms with Crippen LogP contribution in [-0.2, 0) is 14.3 Å². The molecule has 0 aliphatic carbocycles. The Morgan fingerprint density at radius 2 is 1.73 bits per heavy atom. The van der Waals surface area contributed by atoms with E-state index in [9.17, 15) is 0 Å². The van der Waals surface area contributed by atoms with Gasteiger partial charge >= 0.3 is 0 Å². The molecule has 0 radical (unpaired) electrons. The molecule has 1 N–H and O–H groups in total. The van der Waals surface area contributed by atoms with Crippen molar-refractivity contribution >= 4 is 0 Å². The Balaban J connectivity index is 4.32. The summed E-state index contributed by atoms with van der Waals surface area (Å²) in [6.45, 7) is 8.02. The molecule has 0 rings (SSSR count). The number of hydroxylamine groups is 1. The van der Waals surface area contributed by atoms with E-state index < -0.39 is 5.79 Å². The zero-order valence-corrected chi connectivity index (χ0v) is 10.8. The molecule has 0 saturated carbocycles. The first-order valence-electron chi connectivity index (χ1n) is 5.52. The zero-order chi connectivity index (χ0) is 11.9. The Morgan fingerprint density at radius 3 is 2.07 bits per heavy atom. The number of hydrogen-bond acceptors (Lipinski definition) is 4. The summed E-state index contributed by atoms with van der Waals surface area (Å²) in [4.78, 5) is 4.95. The lowest BCUT2D eigenvalue weighted by Crippen LogP contribution is -2.45. The highest BCUT2D eigenvalue weighted by atomic mass is 16.7. The van der Waals surface area contributed by atoms with Gasteiger partial charge in [0.1, 0.15) is 0 Å². The molecule has 0 aromatic heterocycles. The third-order valence-corrected chi connectivity index (χ3v) is 2.49. The number of nitrogens with one attached hydrogen (secondary N) is 1. The molecule has 4 nitrogen and oxygen atoms in total. The van der Waals surface area contributed by atoms with Crippen LogP contribution in [0.3, 0.4) is 0 Å². The second-order valence-electron chi connectivity index (χ2n) is 4.01. The lowest BCUT2D eigenvalue weighted by molar-refractivity contribution is -0.234. The third-order valence-electron chi connectivity index (χ3n) is 2.49. The summed E-state index contributed by atoms with van der Waals surface area (Å²) in [5.74, 6) is -0.552. The van der Waals surface area contributed by atoms with Crippen molar-refractivity contribution in [2.45, 2.75) is 58.5 Å². The topological polar surface area (TPSA) is 39.7 Å². The van der Waals surface area contributed by atoms with Gasteiger partial charge in [0.15, 0.2) is 5.79 Å². The molecule has 2 unspecified atom stereocenters. The minimum absolute atomic E-state index is 0.0879. The van der Waals surface area contributed by atoms with E-state index in [0.717, 1.165) is 12.8 Å². The van der Waals surface area contributed by atoms with Gasteiger partial charge in [-0.15, -0.1) is 0 Å². The number of hydrogen-bond donors (Lipinski definition) is 1. The average molecular weight is 219 g/mol. The molecule has 0 fully saturated rings. The third kappa shape index (κ3) is 5.47. The highest BCUT2D eigenvalue weighted by molar-refractivity contribution is 4.74. The SMILES string of the molecule is CCC(NOC)C(CC)OC(C)(C)OC. The van der Waals surface area contributed by atoms with Gasteiger partial charge in [-0.25, -0.2) is 0 Å². The Kier molecular flexibility index (Phi) is 7.09. The van der Waals surface area contributed by atoms with Crippen molar-refractivity contribution < 1.29 is 14.3 Å². The quantitative estimate of drug-likeness (QED) is 0.501. The number of methoxy groups -OCH3 is 1. The summed E-state index contributed by atoms with van der Waals surface area (Å²) in [6.07, 6.45) is 1.96. The standard InChI is InChI=1S/C11H25NO3/c1-7-9(12-14-6)10(8-2)15-11(3,4)13-5/h9-10,12H,7-8H2,1-6H3. The normalized spacial score (nSPS) is 16.4. The average Bonchev–Trinajstić information content (AvgIpc) is 2.23. The van der Waals surface area contributed by atoms with Crippen LogP contribution in [-0.4, -0.2) is 32.2 Å². The summed E-state index contributed by atoms with van der Waals surface area (Å²) >= 11 is 0. The predicted octanol–water partition coefficient (Wildman–Crippen LogP) is 2.09. The first-order valence-corrected chi connectivity index (χ1v) is 5.52. The maximum absolute atomic E-state index is 5.88. The molecule has 0 heterocycles. The highest BCUT2D eigenvalue weighted by Crippen LogP contribution is 2.18. The van der Waals surface area contributed by atoms with Gasteiger partial charge in [0.2, 0.25) is 0 Å². The molecule has 0 amide bonds. The van der Waals surface area contributed by atoms with Crippen molar-refractivity contribution in [2.24, 2.45) is 0 Å². The fraction of sp³-hybridized carbons (Fsp3) is 1.00. The summed E-state index contributed by atoms with van der Waals surface area (Å²) in [5.41, 5.74) is 2.95. The van der Waals surface area contributed by atoms with Crippen LogP contribution in [0.25, 0.3) is 0 Å². The van der Waals surface area contributed by atoms with Crippen molar-refractivity contribution in [3.63, 3.8) is 0 Å². The second kappa shape index (κ2) is 7.17. The van der Waals surface area contributed by atoms with Crippen molar-refractivity contribution in [1.82, 2.24) is 5.48 Å². The van der Waals surface area contributed by atoms with Crippen molar-refractivity contribution in [1.29, 1.82) is 0 Å². The van der Waals surface area contributed by atoms with Gasteiger partial charge in [0.25, 0.3) is 0 Å². The maximum atomic E-state index is 5.88. The molecular weight excluding hydrogens is 194 g/mol. The van der Waals surface area contributed by atoms with Crippen LogP contribution in [0.1, 0.15) is 40.5 Å². The molecule has 2 atom stereocenters. The van der Waals surface area contributed by atoms with Gasteiger partial charge in [-0.3, -0.25) is 0 Å². The fourth-order valence-corrected chi connectivity index (χ4v) is 1.44. The first kappa shape index (κ1) is 14.8. The maximum Gasteiger partial charge on any atom is 0.162 e. The van der Waals surface area contributed by atoms with E-state index in [0.29, 0.717) is 0 Å². The largest absolute Gasteiger partial charge is 0.354 e. The molecule has 0 saturated heterocycles. The first-order chi connectivity index (χ1) is 7.00. The van der Waals surface area contributed by atoms with Gasteiger partial charge < -0.3 is 14.3 Å². The van der Waals surface area contributed by atoms with Crippen LogP contribution in [0.2, 0.25) is 0 Å². The van der Waals surface area contributed by atoms with E-state index in [1.807, 2.05) is 13.8 Å². The molecule has 0 aliphatic rings. The second-order valence-corrected chi connectivity index (χ2v) is 4.01. The summed E-state index contributed by atoms with van der Waals surface area (Å²) < 4.78 is 11.1. The summed E-state index contributed by atoms with van der Waals surface area (Å²) in [5, 5.41) is 0. The predicted molar refractivity (Wildman–Crippen MR) is 60.5 cm³/mol. The van der Waals surface area contributed by atoms with Gasteiger partial charge in [-0.2, -0.15) is 5.48 Å². The fourth-order valence-electron chi connectivity index (χ4n) is 1.44. The van der Waals surface area contributed by atoms with E-state index >= 15 is 0 Å². The molecule has 0 bridgehead atoms. The van der Waals surface area contributed by atoms with Crippen LogP contribution in [0, 0.1) is 0 Å². The molecule has 0 spiro atoms. The smallest absolute Gasteiger partial charge is 0.162 e. The van der Waals surface area contributed by atoms with Crippen LogP contribution < -0.4 is 5.48 Å². The molecule has 0 aliphatic heterocycles. The zero-order valence-electron chi connectivity index (χ0n) is 10.8. The van der Waals surface area contributed by atoms with Crippen LogP contribution in [0.4, 0.5) is 0 Å². The minimum atomic E-state index is -0.552. The monoisotopic (exact) mass is 219 g/mol. The number of ether oxygens (including phenoxy) is 2. The Bertz CT molecular complexity index is 162. The van der Waals surface area contributed by atoms with E-state index in [4.69, 9.17) is 14.3 Å². The summed E-state index contributed by atoms with van der Waals surface area (Å²) in [6, 6.07) is 0.189. The van der Waals surface area contributed by atoms with Crippen molar-refractivity contribution in [3.8, 4) is 0 Å². The molecule has 15 heavy (non-hydrogen) atoms. The van der Waals surface area contributed by atoms with Gasteiger partial charge in [-0.05, 0) is 26.7 Å². The molecule has 4 heteroatoms. The minimum Gasteiger partial charge on any atom is -0.354 e.